The molecular weight excluding hydrogens is 454 g/mol. The predicted molar refractivity (Wildman–Crippen MR) is 145 cm³/mol. The van der Waals surface area contributed by atoms with Crippen molar-refractivity contribution >= 4 is 28.0 Å². The molecular formula is C28H39N5OS. The molecule has 0 spiro atoms. The summed E-state index contributed by atoms with van der Waals surface area (Å²) in [4.78, 5) is 7.15. The number of nitriles is 1. The summed E-state index contributed by atoms with van der Waals surface area (Å²) in [5, 5.41) is 17.4. The summed E-state index contributed by atoms with van der Waals surface area (Å²) < 4.78 is 5.84. The lowest BCUT2D eigenvalue weighted by Crippen LogP contribution is -2.33. The van der Waals surface area contributed by atoms with E-state index in [4.69, 9.17) is 9.78 Å². The van der Waals surface area contributed by atoms with Gasteiger partial charge < -0.3 is 14.7 Å². The van der Waals surface area contributed by atoms with Crippen molar-refractivity contribution in [2.45, 2.75) is 58.4 Å². The number of nitrogens with one attached hydrogen (secondary N) is 1. The summed E-state index contributed by atoms with van der Waals surface area (Å²) in [7, 11) is 3.75. The van der Waals surface area contributed by atoms with Crippen molar-refractivity contribution < 1.29 is 4.52 Å². The summed E-state index contributed by atoms with van der Waals surface area (Å²) in [5.74, 6) is 0.754. The molecule has 3 aromatic rings. The fraction of sp³-hybridized carbons (Fsp3) is 0.571. The van der Waals surface area contributed by atoms with E-state index < -0.39 is 0 Å². The van der Waals surface area contributed by atoms with Gasteiger partial charge in [-0.15, -0.1) is 11.3 Å². The summed E-state index contributed by atoms with van der Waals surface area (Å²) in [6.45, 7) is 7.75. The van der Waals surface area contributed by atoms with Crippen LogP contribution in [0, 0.1) is 24.2 Å². The highest BCUT2D eigenvalue weighted by atomic mass is 32.1. The lowest BCUT2D eigenvalue weighted by atomic mass is 9.91. The van der Waals surface area contributed by atoms with E-state index in [1.54, 1.807) is 11.3 Å². The van der Waals surface area contributed by atoms with Crippen LogP contribution in [0.5, 0.6) is 0 Å². The standard InChI is InChI=1S/C26H32N4OS.C2H7N/c1-19-25(30-13-3-2-4-14-30)10-8-23-24(28-31-26(19)23)9-5-20-11-15-29(16-12-20)18-22-7-6-21(17-27)32-22;1-3-2/h6-8,10,20H,2-5,9,11-16,18H2,1H3;3H,1-2H3. The number of thiophene rings is 1. The molecule has 2 aromatic heterocycles. The molecule has 1 N–H and O–H groups in total. The molecule has 0 unspecified atom stereocenters. The van der Waals surface area contributed by atoms with Gasteiger partial charge in [-0.3, -0.25) is 4.90 Å². The van der Waals surface area contributed by atoms with Crippen molar-refractivity contribution in [2.24, 2.45) is 5.92 Å². The van der Waals surface area contributed by atoms with Crippen LogP contribution >= 0.6 is 11.3 Å². The van der Waals surface area contributed by atoms with Crippen LogP contribution in [-0.2, 0) is 13.0 Å². The van der Waals surface area contributed by atoms with Crippen molar-refractivity contribution in [2.75, 3.05) is 45.2 Å². The van der Waals surface area contributed by atoms with Crippen molar-refractivity contribution in [3.63, 3.8) is 0 Å². The van der Waals surface area contributed by atoms with E-state index in [0.717, 1.165) is 61.2 Å². The van der Waals surface area contributed by atoms with Gasteiger partial charge in [0.25, 0.3) is 0 Å². The predicted octanol–water partition coefficient (Wildman–Crippen LogP) is 5.74. The van der Waals surface area contributed by atoms with Gasteiger partial charge >= 0.3 is 0 Å². The first kappa shape index (κ1) is 25.7. The maximum absolute atomic E-state index is 9.02. The molecule has 2 saturated heterocycles. The zero-order chi connectivity index (χ0) is 24.6. The quantitative estimate of drug-likeness (QED) is 0.472. The molecule has 6 nitrogen and oxygen atoms in total. The number of hydrogen-bond acceptors (Lipinski definition) is 7. The van der Waals surface area contributed by atoms with Crippen LogP contribution in [0.1, 0.15) is 59.5 Å². The van der Waals surface area contributed by atoms with Gasteiger partial charge in [-0.1, -0.05) is 5.16 Å². The van der Waals surface area contributed by atoms with Gasteiger partial charge in [0.15, 0.2) is 5.58 Å². The SMILES string of the molecule is CNC.Cc1c(N2CCCCC2)ccc2c(CCC3CCN(Cc4ccc(C#N)s4)CC3)noc12. The zero-order valence-corrected chi connectivity index (χ0v) is 22.3. The third-order valence-corrected chi connectivity index (χ3v) is 8.25. The first-order valence-corrected chi connectivity index (χ1v) is 13.9. The number of rotatable bonds is 6. The fourth-order valence-electron chi connectivity index (χ4n) is 5.35. The minimum Gasteiger partial charge on any atom is -0.371 e. The second kappa shape index (κ2) is 12.5. The normalized spacial score (nSPS) is 17.3. The first-order valence-electron chi connectivity index (χ1n) is 13.1. The largest absolute Gasteiger partial charge is 0.371 e. The van der Waals surface area contributed by atoms with Crippen LogP contribution in [0.3, 0.4) is 0 Å². The monoisotopic (exact) mass is 493 g/mol. The Morgan fingerprint density at radius 3 is 2.51 bits per heavy atom. The lowest BCUT2D eigenvalue weighted by Gasteiger charge is -2.31. The summed E-state index contributed by atoms with van der Waals surface area (Å²) in [6, 6.07) is 10.8. The molecule has 5 rings (SSSR count). The Kier molecular flexibility index (Phi) is 9.19. The molecule has 0 saturated carbocycles. The van der Waals surface area contributed by atoms with Gasteiger partial charge in [0.05, 0.1) is 5.69 Å². The Balaban J connectivity index is 0.000000917. The van der Waals surface area contributed by atoms with E-state index in [2.05, 4.69) is 51.5 Å². The number of nitrogens with zero attached hydrogens (tertiary/aromatic N) is 4. The van der Waals surface area contributed by atoms with Gasteiger partial charge in [-0.2, -0.15) is 5.26 Å². The molecule has 4 heterocycles. The highest BCUT2D eigenvalue weighted by Crippen LogP contribution is 2.33. The van der Waals surface area contributed by atoms with Gasteiger partial charge in [-0.05, 0) is 109 Å². The highest BCUT2D eigenvalue weighted by Gasteiger charge is 2.22. The number of fused-ring (bicyclic) bond motifs is 1. The maximum Gasteiger partial charge on any atom is 0.172 e. The number of benzene rings is 1. The molecule has 188 valence electrons. The lowest BCUT2D eigenvalue weighted by molar-refractivity contribution is 0.173. The van der Waals surface area contributed by atoms with Gasteiger partial charge in [0, 0.05) is 41.1 Å². The Bertz CT molecular complexity index is 1120. The van der Waals surface area contributed by atoms with E-state index in [1.807, 2.05) is 20.2 Å². The van der Waals surface area contributed by atoms with E-state index in [0.29, 0.717) is 0 Å². The van der Waals surface area contributed by atoms with Crippen molar-refractivity contribution in [1.29, 1.82) is 5.26 Å². The van der Waals surface area contributed by atoms with Crippen molar-refractivity contribution in [3.05, 3.63) is 45.3 Å². The number of aromatic nitrogens is 1. The second-order valence-electron chi connectivity index (χ2n) is 9.90. The molecule has 0 aliphatic carbocycles. The second-order valence-corrected chi connectivity index (χ2v) is 11.1. The Morgan fingerprint density at radius 1 is 1.09 bits per heavy atom. The average molecular weight is 494 g/mol. The molecule has 7 heteroatoms. The molecule has 1 aromatic carbocycles. The number of piperidine rings is 2. The van der Waals surface area contributed by atoms with Crippen molar-refractivity contribution in [3.8, 4) is 6.07 Å². The summed E-state index contributed by atoms with van der Waals surface area (Å²) in [6.07, 6.45) is 8.57. The van der Waals surface area contributed by atoms with E-state index in [1.165, 1.54) is 60.0 Å². The van der Waals surface area contributed by atoms with Crippen LogP contribution in [0.15, 0.2) is 28.8 Å². The number of likely N-dealkylation sites (tertiary alicyclic amines) is 1. The minimum absolute atomic E-state index is 0.754. The zero-order valence-electron chi connectivity index (χ0n) is 21.5. The fourth-order valence-corrected chi connectivity index (χ4v) is 6.20. The Morgan fingerprint density at radius 2 is 1.83 bits per heavy atom. The molecule has 35 heavy (non-hydrogen) atoms. The molecule has 0 bridgehead atoms. The molecule has 2 aliphatic heterocycles. The van der Waals surface area contributed by atoms with E-state index >= 15 is 0 Å². The van der Waals surface area contributed by atoms with Gasteiger partial charge in [0.1, 0.15) is 10.9 Å². The topological polar surface area (TPSA) is 68.3 Å². The van der Waals surface area contributed by atoms with Gasteiger partial charge in [-0.25, -0.2) is 0 Å². The molecule has 0 atom stereocenters. The molecule has 0 amide bonds. The van der Waals surface area contributed by atoms with E-state index in [-0.39, 0.29) is 0 Å². The van der Waals surface area contributed by atoms with Crippen molar-refractivity contribution in [1.82, 2.24) is 15.4 Å². The first-order chi connectivity index (χ1) is 17.1. The van der Waals surface area contributed by atoms with Crippen LogP contribution in [0.2, 0.25) is 0 Å². The number of anilines is 1. The van der Waals surface area contributed by atoms with Gasteiger partial charge in [0.2, 0.25) is 0 Å². The highest BCUT2D eigenvalue weighted by molar-refractivity contribution is 7.12. The maximum atomic E-state index is 9.02. The molecule has 2 fully saturated rings. The molecule has 0 radical (unpaired) electrons. The van der Waals surface area contributed by atoms with Crippen LogP contribution in [-0.4, -0.2) is 50.3 Å². The van der Waals surface area contributed by atoms with Crippen LogP contribution in [0.25, 0.3) is 11.0 Å². The Hall–Kier alpha value is -2.40. The number of aryl methyl sites for hydroxylation is 2. The average Bonchev–Trinajstić information content (AvgIpc) is 3.52. The summed E-state index contributed by atoms with van der Waals surface area (Å²) >= 11 is 1.62. The third-order valence-electron chi connectivity index (χ3n) is 7.28. The van der Waals surface area contributed by atoms with Crippen LogP contribution < -0.4 is 10.2 Å². The molecule has 2 aliphatic rings. The van der Waals surface area contributed by atoms with E-state index in [9.17, 15) is 0 Å². The number of hydrogen-bond donors (Lipinski definition) is 1. The minimum atomic E-state index is 0.754. The summed E-state index contributed by atoms with van der Waals surface area (Å²) in [5.41, 5.74) is 4.66. The third kappa shape index (κ3) is 6.43. The Labute approximate surface area is 213 Å². The van der Waals surface area contributed by atoms with Crippen LogP contribution in [0.4, 0.5) is 5.69 Å². The smallest absolute Gasteiger partial charge is 0.172 e.